The number of benzene rings is 1. The normalized spacial score (nSPS) is 30.2. The first kappa shape index (κ1) is 12.1. The Morgan fingerprint density at radius 2 is 2.11 bits per heavy atom. The molecule has 0 aromatic heterocycles. The van der Waals surface area contributed by atoms with E-state index in [-0.39, 0.29) is 0 Å². The third-order valence-electron chi connectivity index (χ3n) is 4.16. The van der Waals surface area contributed by atoms with Gasteiger partial charge in [0.05, 0.1) is 12.1 Å². The highest BCUT2D eigenvalue weighted by molar-refractivity contribution is 6.32. The molecule has 4 heteroatoms. The second-order valence-corrected chi connectivity index (χ2v) is 5.65. The van der Waals surface area contributed by atoms with Crippen molar-refractivity contribution >= 4 is 17.3 Å². The first-order chi connectivity index (χ1) is 8.76. The number of nitrogens with one attached hydrogen (secondary N) is 1. The second kappa shape index (κ2) is 4.98. The summed E-state index contributed by atoms with van der Waals surface area (Å²) < 4.78 is 5.17. The lowest BCUT2D eigenvalue weighted by molar-refractivity contribution is 0.0975. The van der Waals surface area contributed by atoms with Gasteiger partial charge in [0.1, 0.15) is 5.75 Å². The van der Waals surface area contributed by atoms with Crippen LogP contribution < -0.4 is 10.1 Å². The summed E-state index contributed by atoms with van der Waals surface area (Å²) in [6.07, 6.45) is 2.64. The fourth-order valence-electron chi connectivity index (χ4n) is 3.10. The summed E-state index contributed by atoms with van der Waals surface area (Å²) >= 11 is 6.15. The van der Waals surface area contributed by atoms with Crippen LogP contribution in [0.1, 0.15) is 12.8 Å². The fraction of sp³-hybridized carbons (Fsp3) is 0.571. The van der Waals surface area contributed by atoms with E-state index in [1.165, 1.54) is 25.9 Å². The third kappa shape index (κ3) is 2.29. The second-order valence-electron chi connectivity index (χ2n) is 5.24. The molecule has 98 valence electrons. The number of hydrogen-bond acceptors (Lipinski definition) is 3. The molecule has 3 heterocycles. The van der Waals surface area contributed by atoms with E-state index in [9.17, 15) is 0 Å². The van der Waals surface area contributed by atoms with Crippen LogP contribution in [0.3, 0.4) is 0 Å². The van der Waals surface area contributed by atoms with Crippen molar-refractivity contribution in [2.75, 3.05) is 32.1 Å². The lowest BCUT2D eigenvalue weighted by Crippen LogP contribution is -2.53. The highest BCUT2D eigenvalue weighted by atomic mass is 35.5. The van der Waals surface area contributed by atoms with Gasteiger partial charge in [-0.15, -0.1) is 0 Å². The first-order valence-electron chi connectivity index (χ1n) is 6.58. The van der Waals surface area contributed by atoms with E-state index in [1.807, 2.05) is 18.2 Å². The van der Waals surface area contributed by atoms with Crippen LogP contribution in [0.2, 0.25) is 5.02 Å². The Balaban J connectivity index is 1.71. The van der Waals surface area contributed by atoms with Crippen molar-refractivity contribution in [1.82, 2.24) is 4.90 Å². The highest BCUT2D eigenvalue weighted by Crippen LogP contribution is 2.32. The summed E-state index contributed by atoms with van der Waals surface area (Å²) in [7, 11) is 1.64. The maximum atomic E-state index is 6.15. The van der Waals surface area contributed by atoms with Crippen molar-refractivity contribution < 1.29 is 4.74 Å². The van der Waals surface area contributed by atoms with Crippen molar-refractivity contribution in [3.8, 4) is 5.75 Å². The molecule has 0 amide bonds. The molecule has 2 bridgehead atoms. The van der Waals surface area contributed by atoms with Crippen LogP contribution in [0, 0.1) is 5.92 Å². The molecule has 0 spiro atoms. The van der Waals surface area contributed by atoms with Gasteiger partial charge in [-0.25, -0.2) is 0 Å². The number of hydrogen-bond donors (Lipinski definition) is 1. The summed E-state index contributed by atoms with van der Waals surface area (Å²) in [6.45, 7) is 3.70. The highest BCUT2D eigenvalue weighted by Gasteiger charge is 2.33. The molecule has 0 radical (unpaired) electrons. The van der Waals surface area contributed by atoms with Gasteiger partial charge < -0.3 is 15.0 Å². The molecule has 1 atom stereocenters. The van der Waals surface area contributed by atoms with Crippen LogP contribution >= 0.6 is 11.6 Å². The van der Waals surface area contributed by atoms with Gasteiger partial charge in [-0.1, -0.05) is 11.6 Å². The Labute approximate surface area is 113 Å². The van der Waals surface area contributed by atoms with Crippen LogP contribution in [0.5, 0.6) is 5.75 Å². The van der Waals surface area contributed by atoms with Gasteiger partial charge in [0.2, 0.25) is 0 Å². The first-order valence-corrected chi connectivity index (χ1v) is 6.96. The Morgan fingerprint density at radius 3 is 2.67 bits per heavy atom. The Bertz CT molecular complexity index is 430. The quantitative estimate of drug-likeness (QED) is 0.911. The minimum Gasteiger partial charge on any atom is -0.495 e. The number of anilines is 1. The molecular weight excluding hydrogens is 248 g/mol. The molecule has 3 fully saturated rings. The molecule has 3 aliphatic rings. The van der Waals surface area contributed by atoms with Crippen LogP contribution in [-0.2, 0) is 0 Å². The molecular formula is C14H19ClN2O. The van der Waals surface area contributed by atoms with Crippen molar-refractivity contribution in [3.05, 3.63) is 23.2 Å². The predicted octanol–water partition coefficient (Wildman–Crippen LogP) is 2.85. The third-order valence-corrected chi connectivity index (χ3v) is 4.46. The van der Waals surface area contributed by atoms with Crippen molar-refractivity contribution in [2.24, 2.45) is 5.92 Å². The molecule has 4 rings (SSSR count). The zero-order valence-electron chi connectivity index (χ0n) is 10.7. The largest absolute Gasteiger partial charge is 0.495 e. The molecule has 0 aliphatic carbocycles. The molecule has 1 unspecified atom stereocenters. The molecule has 3 aliphatic heterocycles. The summed E-state index contributed by atoms with van der Waals surface area (Å²) in [5.41, 5.74) is 1.10. The molecule has 1 N–H and O–H groups in total. The van der Waals surface area contributed by atoms with Gasteiger partial charge in [-0.05, 0) is 50.0 Å². The van der Waals surface area contributed by atoms with Gasteiger partial charge >= 0.3 is 0 Å². The monoisotopic (exact) mass is 266 g/mol. The predicted molar refractivity (Wildman–Crippen MR) is 74.6 cm³/mol. The molecule has 3 saturated heterocycles. The Hall–Kier alpha value is -0.930. The SMILES string of the molecule is COc1ccc(NC2CN3CCC2CC3)cc1Cl. The van der Waals surface area contributed by atoms with E-state index in [4.69, 9.17) is 16.3 Å². The number of halogens is 1. The Kier molecular flexibility index (Phi) is 3.35. The van der Waals surface area contributed by atoms with Gasteiger partial charge in [0.25, 0.3) is 0 Å². The van der Waals surface area contributed by atoms with Gasteiger partial charge in [0, 0.05) is 18.3 Å². The van der Waals surface area contributed by atoms with Gasteiger partial charge in [-0.2, -0.15) is 0 Å². The van der Waals surface area contributed by atoms with Crippen molar-refractivity contribution in [1.29, 1.82) is 0 Å². The average Bonchev–Trinajstić information content (AvgIpc) is 2.40. The van der Waals surface area contributed by atoms with Gasteiger partial charge in [-0.3, -0.25) is 0 Å². The Morgan fingerprint density at radius 1 is 1.33 bits per heavy atom. The summed E-state index contributed by atoms with van der Waals surface area (Å²) in [5, 5.41) is 4.29. The van der Waals surface area contributed by atoms with E-state index in [2.05, 4.69) is 10.2 Å². The number of nitrogens with zero attached hydrogens (tertiary/aromatic N) is 1. The molecule has 3 nitrogen and oxygen atoms in total. The van der Waals surface area contributed by atoms with E-state index in [1.54, 1.807) is 7.11 Å². The van der Waals surface area contributed by atoms with Crippen LogP contribution in [0.25, 0.3) is 0 Å². The van der Waals surface area contributed by atoms with E-state index < -0.39 is 0 Å². The number of piperidine rings is 3. The van der Waals surface area contributed by atoms with E-state index in [0.717, 1.165) is 23.9 Å². The maximum Gasteiger partial charge on any atom is 0.137 e. The zero-order chi connectivity index (χ0) is 12.5. The average molecular weight is 267 g/mol. The number of rotatable bonds is 3. The summed E-state index contributed by atoms with van der Waals surface area (Å²) in [6, 6.07) is 6.49. The lowest BCUT2D eigenvalue weighted by Gasteiger charge is -2.45. The smallest absolute Gasteiger partial charge is 0.137 e. The van der Waals surface area contributed by atoms with Crippen molar-refractivity contribution in [3.63, 3.8) is 0 Å². The van der Waals surface area contributed by atoms with Crippen LogP contribution in [0.15, 0.2) is 18.2 Å². The van der Waals surface area contributed by atoms with E-state index >= 15 is 0 Å². The topological polar surface area (TPSA) is 24.5 Å². The number of fused-ring (bicyclic) bond motifs is 3. The molecule has 1 aromatic carbocycles. The van der Waals surface area contributed by atoms with E-state index in [0.29, 0.717) is 11.1 Å². The molecule has 1 aromatic rings. The standard InChI is InChI=1S/C14H19ClN2O/c1-18-14-3-2-11(8-12(14)15)16-13-9-17-6-4-10(13)5-7-17/h2-3,8,10,13,16H,4-7,9H2,1H3. The van der Waals surface area contributed by atoms with Crippen LogP contribution in [-0.4, -0.2) is 37.7 Å². The number of ether oxygens (including phenoxy) is 1. The maximum absolute atomic E-state index is 6.15. The summed E-state index contributed by atoms with van der Waals surface area (Å²) in [5.74, 6) is 1.55. The minimum absolute atomic E-state index is 0.567. The van der Waals surface area contributed by atoms with Crippen molar-refractivity contribution in [2.45, 2.75) is 18.9 Å². The van der Waals surface area contributed by atoms with Crippen LogP contribution in [0.4, 0.5) is 5.69 Å². The number of methoxy groups -OCH3 is 1. The molecule has 18 heavy (non-hydrogen) atoms. The lowest BCUT2D eigenvalue weighted by atomic mass is 9.84. The molecule has 0 saturated carbocycles. The fourth-order valence-corrected chi connectivity index (χ4v) is 3.36. The zero-order valence-corrected chi connectivity index (χ0v) is 11.4. The summed E-state index contributed by atoms with van der Waals surface area (Å²) in [4.78, 5) is 2.54. The van der Waals surface area contributed by atoms with Gasteiger partial charge in [0.15, 0.2) is 0 Å². The minimum atomic E-state index is 0.567.